The van der Waals surface area contributed by atoms with Gasteiger partial charge in [0.05, 0.1) is 0 Å². The lowest BCUT2D eigenvalue weighted by atomic mass is 9.95. The molecule has 0 aliphatic carbocycles. The zero-order valence-corrected chi connectivity index (χ0v) is 13.0. The van der Waals surface area contributed by atoms with Gasteiger partial charge in [-0.15, -0.1) is 0 Å². The summed E-state index contributed by atoms with van der Waals surface area (Å²) in [6.07, 6.45) is 2.22. The van der Waals surface area contributed by atoms with Crippen molar-refractivity contribution in [3.05, 3.63) is 65.2 Å². The van der Waals surface area contributed by atoms with Gasteiger partial charge >= 0.3 is 0 Å². The molecule has 1 aliphatic rings. The minimum atomic E-state index is 0.524. The second kappa shape index (κ2) is 6.31. The third-order valence-corrected chi connectivity index (χ3v) is 4.45. The highest BCUT2D eigenvalue weighted by atomic mass is 15.1. The molecule has 3 rings (SSSR count). The number of benzene rings is 2. The SMILES string of the molecule is CCc1ccc(N(C)CC2Cc3ccccc3CN2)cc1. The Morgan fingerprint density at radius 2 is 1.76 bits per heavy atom. The van der Waals surface area contributed by atoms with E-state index in [0.29, 0.717) is 6.04 Å². The van der Waals surface area contributed by atoms with Gasteiger partial charge in [0.2, 0.25) is 0 Å². The van der Waals surface area contributed by atoms with E-state index >= 15 is 0 Å². The Kier molecular flexibility index (Phi) is 4.26. The fourth-order valence-corrected chi connectivity index (χ4v) is 3.07. The topological polar surface area (TPSA) is 15.3 Å². The van der Waals surface area contributed by atoms with Crippen molar-refractivity contribution in [3.8, 4) is 0 Å². The summed E-state index contributed by atoms with van der Waals surface area (Å²) in [6, 6.07) is 18.2. The highest BCUT2D eigenvalue weighted by Gasteiger charge is 2.18. The lowest BCUT2D eigenvalue weighted by Gasteiger charge is -2.31. The number of nitrogens with one attached hydrogen (secondary N) is 1. The van der Waals surface area contributed by atoms with Gasteiger partial charge in [-0.2, -0.15) is 0 Å². The molecule has 110 valence electrons. The lowest BCUT2D eigenvalue weighted by molar-refractivity contribution is 0.480. The van der Waals surface area contributed by atoms with Gasteiger partial charge < -0.3 is 10.2 Å². The second-order valence-electron chi connectivity index (χ2n) is 5.95. The Balaban J connectivity index is 1.64. The molecule has 0 bridgehead atoms. The van der Waals surface area contributed by atoms with Crippen molar-refractivity contribution in [2.24, 2.45) is 0 Å². The molecule has 0 aromatic heterocycles. The van der Waals surface area contributed by atoms with Crippen LogP contribution in [-0.4, -0.2) is 19.6 Å². The maximum absolute atomic E-state index is 3.66. The molecule has 1 unspecified atom stereocenters. The van der Waals surface area contributed by atoms with E-state index in [1.807, 2.05) is 0 Å². The van der Waals surface area contributed by atoms with Crippen molar-refractivity contribution in [1.29, 1.82) is 0 Å². The van der Waals surface area contributed by atoms with Crippen LogP contribution in [0.4, 0.5) is 5.69 Å². The fraction of sp³-hybridized carbons (Fsp3) is 0.368. The Bertz CT molecular complexity index is 589. The van der Waals surface area contributed by atoms with Crippen LogP contribution < -0.4 is 10.2 Å². The number of hydrogen-bond acceptors (Lipinski definition) is 2. The number of aryl methyl sites for hydroxylation is 1. The molecule has 0 saturated carbocycles. The van der Waals surface area contributed by atoms with Crippen LogP contribution in [0.3, 0.4) is 0 Å². The maximum atomic E-state index is 3.66. The summed E-state index contributed by atoms with van der Waals surface area (Å²) in [4.78, 5) is 2.35. The quantitative estimate of drug-likeness (QED) is 0.923. The molecule has 0 spiro atoms. The van der Waals surface area contributed by atoms with E-state index in [1.165, 1.54) is 22.4 Å². The summed E-state index contributed by atoms with van der Waals surface area (Å²) in [6.45, 7) is 4.23. The Hall–Kier alpha value is -1.80. The van der Waals surface area contributed by atoms with Crippen molar-refractivity contribution in [2.45, 2.75) is 32.4 Å². The standard InChI is InChI=1S/C19H24N2/c1-3-15-8-10-19(11-9-15)21(2)14-18-12-16-6-4-5-7-17(16)13-20-18/h4-11,18,20H,3,12-14H2,1-2H3. The molecule has 1 atom stereocenters. The van der Waals surface area contributed by atoms with Crippen molar-refractivity contribution in [3.63, 3.8) is 0 Å². The summed E-state index contributed by atoms with van der Waals surface area (Å²) in [5.74, 6) is 0. The largest absolute Gasteiger partial charge is 0.373 e. The average Bonchev–Trinajstić information content (AvgIpc) is 2.55. The Labute approximate surface area is 127 Å². The molecule has 2 aromatic carbocycles. The van der Waals surface area contributed by atoms with Gasteiger partial charge in [-0.1, -0.05) is 43.3 Å². The molecule has 2 nitrogen and oxygen atoms in total. The van der Waals surface area contributed by atoms with Crippen LogP contribution in [-0.2, 0) is 19.4 Å². The van der Waals surface area contributed by atoms with E-state index in [1.54, 1.807) is 0 Å². The summed E-state index contributed by atoms with van der Waals surface area (Å²) in [7, 11) is 2.18. The summed E-state index contributed by atoms with van der Waals surface area (Å²) in [5, 5.41) is 3.66. The molecule has 1 N–H and O–H groups in total. The predicted molar refractivity (Wildman–Crippen MR) is 89.9 cm³/mol. The van der Waals surface area contributed by atoms with Gasteiger partial charge in [0.15, 0.2) is 0 Å². The molecule has 21 heavy (non-hydrogen) atoms. The predicted octanol–water partition coefficient (Wildman–Crippen LogP) is 3.40. The third-order valence-electron chi connectivity index (χ3n) is 4.45. The number of fused-ring (bicyclic) bond motifs is 1. The van der Waals surface area contributed by atoms with Crippen LogP contribution in [0.15, 0.2) is 48.5 Å². The maximum Gasteiger partial charge on any atom is 0.0364 e. The number of rotatable bonds is 4. The highest BCUT2D eigenvalue weighted by Crippen LogP contribution is 2.19. The van der Waals surface area contributed by atoms with Crippen molar-refractivity contribution in [2.75, 3.05) is 18.5 Å². The number of nitrogens with zero attached hydrogens (tertiary/aromatic N) is 1. The molecule has 1 heterocycles. The van der Waals surface area contributed by atoms with Crippen molar-refractivity contribution in [1.82, 2.24) is 5.32 Å². The van der Waals surface area contributed by atoms with Crippen LogP contribution in [0.2, 0.25) is 0 Å². The van der Waals surface area contributed by atoms with Crippen LogP contribution in [0.25, 0.3) is 0 Å². The molecule has 0 saturated heterocycles. The van der Waals surface area contributed by atoms with Crippen molar-refractivity contribution >= 4 is 5.69 Å². The van der Waals surface area contributed by atoms with Crippen LogP contribution >= 0.6 is 0 Å². The molecule has 0 fully saturated rings. The molecule has 0 radical (unpaired) electrons. The van der Waals surface area contributed by atoms with Gasteiger partial charge in [0, 0.05) is 31.9 Å². The first-order valence-electron chi connectivity index (χ1n) is 7.86. The summed E-state index contributed by atoms with van der Waals surface area (Å²) in [5.41, 5.74) is 5.64. The summed E-state index contributed by atoms with van der Waals surface area (Å²) >= 11 is 0. The van der Waals surface area contributed by atoms with Crippen LogP contribution in [0.5, 0.6) is 0 Å². The van der Waals surface area contributed by atoms with Gasteiger partial charge in [0.25, 0.3) is 0 Å². The average molecular weight is 280 g/mol. The minimum absolute atomic E-state index is 0.524. The monoisotopic (exact) mass is 280 g/mol. The Morgan fingerprint density at radius 3 is 2.48 bits per heavy atom. The van der Waals surface area contributed by atoms with Crippen molar-refractivity contribution < 1.29 is 0 Å². The van der Waals surface area contributed by atoms with E-state index < -0.39 is 0 Å². The van der Waals surface area contributed by atoms with E-state index in [0.717, 1.165) is 25.9 Å². The third kappa shape index (κ3) is 3.27. The zero-order chi connectivity index (χ0) is 14.7. The fourth-order valence-electron chi connectivity index (χ4n) is 3.07. The number of hydrogen-bond donors (Lipinski definition) is 1. The van der Waals surface area contributed by atoms with E-state index in [-0.39, 0.29) is 0 Å². The van der Waals surface area contributed by atoms with Gasteiger partial charge in [-0.25, -0.2) is 0 Å². The first kappa shape index (κ1) is 14.2. The lowest BCUT2D eigenvalue weighted by Crippen LogP contribution is -2.43. The van der Waals surface area contributed by atoms with Crippen LogP contribution in [0.1, 0.15) is 23.6 Å². The van der Waals surface area contributed by atoms with E-state index in [2.05, 4.69) is 72.7 Å². The number of anilines is 1. The molecule has 2 aromatic rings. The van der Waals surface area contributed by atoms with E-state index in [9.17, 15) is 0 Å². The number of likely N-dealkylation sites (N-methyl/N-ethyl adjacent to an activating group) is 1. The van der Waals surface area contributed by atoms with E-state index in [4.69, 9.17) is 0 Å². The highest BCUT2D eigenvalue weighted by molar-refractivity contribution is 5.47. The molecule has 0 amide bonds. The zero-order valence-electron chi connectivity index (χ0n) is 13.0. The molecule has 2 heteroatoms. The second-order valence-corrected chi connectivity index (χ2v) is 5.95. The van der Waals surface area contributed by atoms with Crippen LogP contribution in [0, 0.1) is 0 Å². The normalized spacial score (nSPS) is 17.3. The first-order chi connectivity index (χ1) is 10.3. The van der Waals surface area contributed by atoms with Gasteiger partial charge in [-0.05, 0) is 41.7 Å². The minimum Gasteiger partial charge on any atom is -0.373 e. The Morgan fingerprint density at radius 1 is 1.05 bits per heavy atom. The van der Waals surface area contributed by atoms with Gasteiger partial charge in [0.1, 0.15) is 0 Å². The first-order valence-corrected chi connectivity index (χ1v) is 7.86. The molecular formula is C19H24N2. The summed E-state index contributed by atoms with van der Waals surface area (Å²) < 4.78 is 0. The molecular weight excluding hydrogens is 256 g/mol. The van der Waals surface area contributed by atoms with Gasteiger partial charge in [-0.3, -0.25) is 0 Å². The smallest absolute Gasteiger partial charge is 0.0364 e. The molecule has 1 aliphatic heterocycles.